The van der Waals surface area contributed by atoms with Crippen molar-refractivity contribution in [2.24, 2.45) is 23.7 Å². The van der Waals surface area contributed by atoms with Crippen LogP contribution in [0, 0.1) is 23.7 Å². The fourth-order valence-corrected chi connectivity index (χ4v) is 3.07. The van der Waals surface area contributed by atoms with E-state index in [1.807, 2.05) is 0 Å². The zero-order valence-corrected chi connectivity index (χ0v) is 7.07. The van der Waals surface area contributed by atoms with Gasteiger partial charge in [-0.15, -0.1) is 0 Å². The Morgan fingerprint density at radius 2 is 2.42 bits per heavy atom. The van der Waals surface area contributed by atoms with Gasteiger partial charge >= 0.3 is 0 Å². The van der Waals surface area contributed by atoms with Crippen molar-refractivity contribution in [2.45, 2.75) is 12.5 Å². The van der Waals surface area contributed by atoms with Crippen molar-refractivity contribution in [1.82, 2.24) is 0 Å². The largest absolute Gasteiger partial charge is 0.380 e. The molecule has 0 aromatic carbocycles. The average Bonchev–Trinajstić information content (AvgIpc) is 2.45. The van der Waals surface area contributed by atoms with Gasteiger partial charge in [0.05, 0.1) is 12.0 Å². The summed E-state index contributed by atoms with van der Waals surface area (Å²) in [6, 6.07) is 0. The molecule has 0 radical (unpaired) electrons. The van der Waals surface area contributed by atoms with Gasteiger partial charge in [0.1, 0.15) is 5.78 Å². The molecule has 3 aliphatic rings. The molecule has 2 heteroatoms. The molecular weight excluding hydrogens is 152 g/mol. The molecule has 0 amide bonds. The molecule has 0 N–H and O–H groups in total. The third-order valence-electron chi connectivity index (χ3n) is 3.64. The SMILES string of the molecule is COC1C2C(=O)C3C=CCC3C12. The van der Waals surface area contributed by atoms with Gasteiger partial charge in [-0.3, -0.25) is 4.79 Å². The number of Topliss-reactive ketones (excluding diaryl/α,β-unsaturated/α-hetero) is 1. The number of hydrogen-bond donors (Lipinski definition) is 0. The fourth-order valence-electron chi connectivity index (χ4n) is 3.07. The maximum Gasteiger partial charge on any atom is 0.146 e. The van der Waals surface area contributed by atoms with Crippen LogP contribution in [0.3, 0.4) is 0 Å². The fraction of sp³-hybridized carbons (Fsp3) is 0.700. The van der Waals surface area contributed by atoms with E-state index in [1.54, 1.807) is 7.11 Å². The zero-order chi connectivity index (χ0) is 8.29. The number of ketones is 1. The van der Waals surface area contributed by atoms with Crippen molar-refractivity contribution < 1.29 is 9.53 Å². The molecule has 12 heavy (non-hydrogen) atoms. The number of allylic oxidation sites excluding steroid dienone is 2. The summed E-state index contributed by atoms with van der Waals surface area (Å²) in [5.74, 6) is 2.10. The summed E-state index contributed by atoms with van der Waals surface area (Å²) in [4.78, 5) is 11.7. The van der Waals surface area contributed by atoms with Gasteiger partial charge in [0.15, 0.2) is 0 Å². The number of rotatable bonds is 1. The lowest BCUT2D eigenvalue weighted by Gasteiger charge is -2.13. The number of fused-ring (bicyclic) bond motifs is 3. The quantitative estimate of drug-likeness (QED) is 0.541. The summed E-state index contributed by atoms with van der Waals surface area (Å²) in [5.41, 5.74) is 0. The molecule has 2 nitrogen and oxygen atoms in total. The van der Waals surface area contributed by atoms with E-state index >= 15 is 0 Å². The number of carbonyl (C=O) groups excluding carboxylic acids is 1. The van der Waals surface area contributed by atoms with E-state index in [4.69, 9.17) is 4.74 Å². The maximum absolute atomic E-state index is 11.7. The molecule has 0 heterocycles. The molecule has 0 saturated heterocycles. The van der Waals surface area contributed by atoms with Gasteiger partial charge < -0.3 is 4.74 Å². The average molecular weight is 164 g/mol. The van der Waals surface area contributed by atoms with E-state index in [1.165, 1.54) is 0 Å². The Hall–Kier alpha value is -0.630. The van der Waals surface area contributed by atoms with Gasteiger partial charge in [-0.2, -0.15) is 0 Å². The first-order chi connectivity index (χ1) is 5.84. The van der Waals surface area contributed by atoms with Crippen molar-refractivity contribution in [3.63, 3.8) is 0 Å². The van der Waals surface area contributed by atoms with Gasteiger partial charge in [-0.1, -0.05) is 12.2 Å². The number of carbonyl (C=O) groups is 1. The minimum absolute atomic E-state index is 0.256. The number of hydrogen-bond acceptors (Lipinski definition) is 2. The number of methoxy groups -OCH3 is 1. The second kappa shape index (κ2) is 1.99. The van der Waals surface area contributed by atoms with Crippen LogP contribution in [0.4, 0.5) is 0 Å². The van der Waals surface area contributed by atoms with Crippen molar-refractivity contribution in [2.75, 3.05) is 7.11 Å². The van der Waals surface area contributed by atoms with Crippen LogP contribution in [0.5, 0.6) is 0 Å². The minimum atomic E-state index is 0.256. The second-order valence-electron chi connectivity index (χ2n) is 4.06. The summed E-state index contributed by atoms with van der Waals surface area (Å²) in [7, 11) is 1.72. The van der Waals surface area contributed by atoms with Crippen LogP contribution in [0.1, 0.15) is 6.42 Å². The first-order valence-electron chi connectivity index (χ1n) is 4.58. The predicted molar refractivity (Wildman–Crippen MR) is 43.5 cm³/mol. The minimum Gasteiger partial charge on any atom is -0.380 e. The van der Waals surface area contributed by atoms with Gasteiger partial charge in [0.2, 0.25) is 0 Å². The Labute approximate surface area is 71.6 Å². The molecule has 3 rings (SSSR count). The molecule has 0 bridgehead atoms. The molecule has 5 atom stereocenters. The normalized spacial score (nSPS) is 54.1. The van der Waals surface area contributed by atoms with E-state index in [0.29, 0.717) is 17.6 Å². The molecular formula is C10H12O2. The Balaban J connectivity index is 1.89. The van der Waals surface area contributed by atoms with Crippen molar-refractivity contribution in [1.29, 1.82) is 0 Å². The standard InChI is InChI=1S/C10H12O2/c1-12-10-7-5-3-2-4-6(5)9(11)8(7)10/h2,4-8,10H,3H2,1H3. The highest BCUT2D eigenvalue weighted by atomic mass is 16.5. The van der Waals surface area contributed by atoms with Crippen LogP contribution >= 0.6 is 0 Å². The van der Waals surface area contributed by atoms with E-state index in [0.717, 1.165) is 6.42 Å². The second-order valence-corrected chi connectivity index (χ2v) is 4.06. The van der Waals surface area contributed by atoms with Gasteiger partial charge in [0.25, 0.3) is 0 Å². The van der Waals surface area contributed by atoms with E-state index in [9.17, 15) is 4.79 Å². The zero-order valence-electron chi connectivity index (χ0n) is 7.07. The predicted octanol–water partition coefficient (Wildman–Crippen LogP) is 1.02. The highest BCUT2D eigenvalue weighted by molar-refractivity contribution is 5.92. The molecule has 2 fully saturated rings. The van der Waals surface area contributed by atoms with Crippen LogP contribution in [0.15, 0.2) is 12.2 Å². The summed E-state index contributed by atoms with van der Waals surface area (Å²) >= 11 is 0. The highest BCUT2D eigenvalue weighted by Crippen LogP contribution is 2.60. The summed E-state index contributed by atoms with van der Waals surface area (Å²) in [6.07, 6.45) is 5.59. The van der Waals surface area contributed by atoms with Crippen molar-refractivity contribution >= 4 is 5.78 Å². The number of ether oxygens (including phenoxy) is 1. The lowest BCUT2D eigenvalue weighted by Crippen LogP contribution is -2.19. The van der Waals surface area contributed by atoms with Crippen molar-refractivity contribution in [3.8, 4) is 0 Å². The molecule has 0 aromatic rings. The van der Waals surface area contributed by atoms with Crippen LogP contribution in [-0.4, -0.2) is 19.0 Å². The summed E-state index contributed by atoms with van der Waals surface area (Å²) < 4.78 is 5.26. The van der Waals surface area contributed by atoms with Crippen molar-refractivity contribution in [3.05, 3.63) is 12.2 Å². The Kier molecular flexibility index (Phi) is 1.14. The van der Waals surface area contributed by atoms with E-state index in [2.05, 4.69) is 12.2 Å². The lowest BCUT2D eigenvalue weighted by molar-refractivity contribution is -0.123. The third-order valence-corrected chi connectivity index (χ3v) is 3.64. The highest BCUT2D eigenvalue weighted by Gasteiger charge is 2.67. The molecule has 0 spiro atoms. The van der Waals surface area contributed by atoms with Crippen LogP contribution in [0.2, 0.25) is 0 Å². The lowest BCUT2D eigenvalue weighted by atomic mass is 9.93. The van der Waals surface area contributed by atoms with Crippen LogP contribution in [-0.2, 0) is 9.53 Å². The first-order valence-corrected chi connectivity index (χ1v) is 4.58. The maximum atomic E-state index is 11.7. The molecule has 3 aliphatic carbocycles. The van der Waals surface area contributed by atoms with Gasteiger partial charge in [-0.05, 0) is 12.3 Å². The molecule has 0 aliphatic heterocycles. The smallest absolute Gasteiger partial charge is 0.146 e. The summed E-state index contributed by atoms with van der Waals surface area (Å²) in [6.45, 7) is 0. The first kappa shape index (κ1) is 6.84. The molecule has 0 aromatic heterocycles. The van der Waals surface area contributed by atoms with Gasteiger partial charge in [-0.25, -0.2) is 0 Å². The van der Waals surface area contributed by atoms with Gasteiger partial charge in [0, 0.05) is 18.9 Å². The Morgan fingerprint density at radius 3 is 3.17 bits per heavy atom. The Morgan fingerprint density at radius 1 is 1.58 bits per heavy atom. The third kappa shape index (κ3) is 0.589. The topological polar surface area (TPSA) is 26.3 Å². The van der Waals surface area contributed by atoms with Crippen LogP contribution in [0.25, 0.3) is 0 Å². The summed E-state index contributed by atoms with van der Waals surface area (Å²) in [5, 5.41) is 0. The molecule has 64 valence electrons. The van der Waals surface area contributed by atoms with E-state index in [-0.39, 0.29) is 17.9 Å². The molecule has 5 unspecified atom stereocenters. The monoisotopic (exact) mass is 164 g/mol. The Bertz CT molecular complexity index is 269. The van der Waals surface area contributed by atoms with Crippen LogP contribution < -0.4 is 0 Å². The van der Waals surface area contributed by atoms with E-state index < -0.39 is 0 Å². The molecule has 2 saturated carbocycles.